The van der Waals surface area contributed by atoms with Gasteiger partial charge >= 0.3 is 5.51 Å². The fourth-order valence-corrected chi connectivity index (χ4v) is 2.42. The fourth-order valence-electron chi connectivity index (χ4n) is 0.939. The molecule has 0 aliphatic rings. The van der Waals surface area contributed by atoms with Gasteiger partial charge in [-0.15, -0.1) is 10.2 Å². The maximum Gasteiger partial charge on any atom is 0.441 e. The van der Waals surface area contributed by atoms with Crippen molar-refractivity contribution in [3.8, 4) is 0 Å². The maximum absolute atomic E-state index is 11.8. The smallest absolute Gasteiger partial charge is 0.324 e. The lowest BCUT2D eigenvalue weighted by Gasteiger charge is -2.05. The van der Waals surface area contributed by atoms with E-state index in [1.54, 1.807) is 11.6 Å². The number of hydrogen-bond donors (Lipinski definition) is 1. The second kappa shape index (κ2) is 5.78. The van der Waals surface area contributed by atoms with Crippen LogP contribution in [0.2, 0.25) is 0 Å². The van der Waals surface area contributed by atoms with Gasteiger partial charge in [-0.1, -0.05) is 23.5 Å². The summed E-state index contributed by atoms with van der Waals surface area (Å²) in [5.74, 6) is 0.950. The molecule has 9 heteroatoms. The molecule has 4 nitrogen and oxygen atoms in total. The van der Waals surface area contributed by atoms with Crippen molar-refractivity contribution in [1.82, 2.24) is 14.8 Å². The predicted octanol–water partition coefficient (Wildman–Crippen LogP) is 1.62. The van der Waals surface area contributed by atoms with Gasteiger partial charge in [0.15, 0.2) is 5.16 Å². The number of nitrogens with two attached hydrogens (primary N) is 1. The minimum absolute atomic E-state index is 0.00101. The van der Waals surface area contributed by atoms with Gasteiger partial charge in [0.2, 0.25) is 0 Å². The van der Waals surface area contributed by atoms with Crippen LogP contribution < -0.4 is 5.73 Å². The highest BCUT2D eigenvalue weighted by atomic mass is 32.2. The average molecular weight is 272 g/mol. The number of halogens is 3. The molecule has 0 aliphatic carbocycles. The van der Waals surface area contributed by atoms with Crippen LogP contribution in [0.15, 0.2) is 5.16 Å². The van der Waals surface area contributed by atoms with Crippen molar-refractivity contribution in [2.24, 2.45) is 12.8 Å². The lowest BCUT2D eigenvalue weighted by Crippen LogP contribution is -2.06. The lowest BCUT2D eigenvalue weighted by atomic mass is 10.6. The van der Waals surface area contributed by atoms with Crippen LogP contribution in [0.4, 0.5) is 13.2 Å². The third-order valence-corrected chi connectivity index (χ3v) is 3.70. The van der Waals surface area contributed by atoms with Crippen LogP contribution in [0, 0.1) is 0 Å². The molecule has 0 fully saturated rings. The molecule has 1 aromatic heterocycles. The van der Waals surface area contributed by atoms with Crippen molar-refractivity contribution >= 4 is 23.5 Å². The van der Waals surface area contributed by atoms with Crippen LogP contribution in [0.1, 0.15) is 5.82 Å². The summed E-state index contributed by atoms with van der Waals surface area (Å²) < 4.78 is 37.2. The first-order valence-electron chi connectivity index (χ1n) is 4.36. The van der Waals surface area contributed by atoms with Crippen molar-refractivity contribution in [1.29, 1.82) is 0 Å². The highest BCUT2D eigenvalue weighted by molar-refractivity contribution is 8.03. The van der Waals surface area contributed by atoms with Crippen LogP contribution >= 0.6 is 23.5 Å². The molecule has 0 radical (unpaired) electrons. The van der Waals surface area contributed by atoms with Gasteiger partial charge in [0.25, 0.3) is 0 Å². The van der Waals surface area contributed by atoms with E-state index in [1.807, 2.05) is 0 Å². The Labute approximate surface area is 99.2 Å². The van der Waals surface area contributed by atoms with Crippen molar-refractivity contribution in [3.05, 3.63) is 5.82 Å². The van der Waals surface area contributed by atoms with Crippen LogP contribution in [0.3, 0.4) is 0 Å². The Bertz CT molecular complexity index is 339. The van der Waals surface area contributed by atoms with Gasteiger partial charge in [0, 0.05) is 18.6 Å². The van der Waals surface area contributed by atoms with Crippen molar-refractivity contribution < 1.29 is 13.2 Å². The van der Waals surface area contributed by atoms with Crippen molar-refractivity contribution in [3.63, 3.8) is 0 Å². The molecule has 0 bridgehead atoms. The first kappa shape index (κ1) is 13.7. The molecule has 1 heterocycles. The second-order valence-corrected chi connectivity index (χ2v) is 5.03. The minimum Gasteiger partial charge on any atom is -0.324 e. The first-order valence-corrected chi connectivity index (χ1v) is 6.33. The molecule has 16 heavy (non-hydrogen) atoms. The predicted molar refractivity (Wildman–Crippen MR) is 58.1 cm³/mol. The molecular weight excluding hydrogens is 261 g/mol. The molecule has 0 aromatic carbocycles. The van der Waals surface area contributed by atoms with Crippen LogP contribution in [-0.4, -0.2) is 31.8 Å². The highest BCUT2D eigenvalue weighted by Crippen LogP contribution is 2.31. The third-order valence-electron chi connectivity index (χ3n) is 1.69. The monoisotopic (exact) mass is 272 g/mol. The molecule has 0 aliphatic heterocycles. The minimum atomic E-state index is -4.16. The molecule has 0 amide bonds. The van der Waals surface area contributed by atoms with Gasteiger partial charge in [-0.25, -0.2) is 0 Å². The van der Waals surface area contributed by atoms with E-state index < -0.39 is 5.51 Å². The summed E-state index contributed by atoms with van der Waals surface area (Å²) in [4.78, 5) is 0. The molecule has 0 saturated carbocycles. The first-order chi connectivity index (χ1) is 7.44. The van der Waals surface area contributed by atoms with Gasteiger partial charge in [-0.3, -0.25) is 0 Å². The summed E-state index contributed by atoms with van der Waals surface area (Å²) in [7, 11) is 1.74. The van der Waals surface area contributed by atoms with E-state index in [-0.39, 0.29) is 24.1 Å². The fraction of sp³-hybridized carbons (Fsp3) is 0.714. The summed E-state index contributed by atoms with van der Waals surface area (Å²) in [6.07, 6.45) is 0. The molecule has 2 N–H and O–H groups in total. The van der Waals surface area contributed by atoms with Crippen LogP contribution in [0.25, 0.3) is 0 Å². The number of alkyl halides is 3. The molecule has 0 unspecified atom stereocenters. The Kier molecular flexibility index (Phi) is 4.93. The van der Waals surface area contributed by atoms with E-state index in [1.165, 1.54) is 11.8 Å². The van der Waals surface area contributed by atoms with Crippen LogP contribution in [0.5, 0.6) is 0 Å². The summed E-state index contributed by atoms with van der Waals surface area (Å²) in [6.45, 7) is 0.265. The van der Waals surface area contributed by atoms with E-state index in [0.717, 1.165) is 0 Å². The summed E-state index contributed by atoms with van der Waals surface area (Å²) >= 11 is 1.21. The van der Waals surface area contributed by atoms with Crippen LogP contribution in [-0.2, 0) is 13.6 Å². The zero-order chi connectivity index (χ0) is 12.2. The summed E-state index contributed by atoms with van der Waals surface area (Å²) in [5, 5.41) is 8.21. The number of aromatic nitrogens is 3. The van der Waals surface area contributed by atoms with E-state index in [2.05, 4.69) is 10.2 Å². The van der Waals surface area contributed by atoms with Crippen molar-refractivity contribution in [2.45, 2.75) is 17.2 Å². The zero-order valence-corrected chi connectivity index (χ0v) is 10.1. The molecule has 0 saturated heterocycles. The van der Waals surface area contributed by atoms with E-state index in [4.69, 9.17) is 5.73 Å². The average Bonchev–Trinajstić information content (AvgIpc) is 2.53. The summed E-state index contributed by atoms with van der Waals surface area (Å²) in [6, 6.07) is 0. The van der Waals surface area contributed by atoms with Gasteiger partial charge in [-0.2, -0.15) is 13.2 Å². The molecule has 0 atom stereocenters. The maximum atomic E-state index is 11.8. The third kappa shape index (κ3) is 4.22. The largest absolute Gasteiger partial charge is 0.441 e. The van der Waals surface area contributed by atoms with Crippen molar-refractivity contribution in [2.75, 3.05) is 11.5 Å². The second-order valence-electron chi connectivity index (χ2n) is 2.80. The van der Waals surface area contributed by atoms with Gasteiger partial charge in [0.05, 0.1) is 6.54 Å². The molecule has 1 rings (SSSR count). The molecular formula is C7H11F3N4S2. The quantitative estimate of drug-likeness (QED) is 0.652. The Morgan fingerprint density at radius 2 is 2.00 bits per heavy atom. The molecule has 1 aromatic rings. The van der Waals surface area contributed by atoms with Gasteiger partial charge in [0.1, 0.15) is 5.82 Å². The summed E-state index contributed by atoms with van der Waals surface area (Å²) in [5.41, 5.74) is 1.23. The Hall–Kier alpha value is -0.410. The van der Waals surface area contributed by atoms with E-state index in [9.17, 15) is 13.2 Å². The van der Waals surface area contributed by atoms with Gasteiger partial charge < -0.3 is 10.3 Å². The Morgan fingerprint density at radius 1 is 1.31 bits per heavy atom. The Morgan fingerprint density at radius 3 is 2.50 bits per heavy atom. The highest BCUT2D eigenvalue weighted by Gasteiger charge is 2.27. The molecule has 92 valence electrons. The normalized spacial score (nSPS) is 12.1. The zero-order valence-electron chi connectivity index (χ0n) is 8.49. The standard InChI is InChI=1S/C7H11F3N4S2/c1-14-5(4-11)12-13-6(14)15-2-3-16-7(8,9)10/h2-4,11H2,1H3. The van der Waals surface area contributed by atoms with E-state index >= 15 is 0 Å². The number of nitrogens with zero attached hydrogens (tertiary/aromatic N) is 3. The lowest BCUT2D eigenvalue weighted by molar-refractivity contribution is -0.0326. The molecule has 0 spiro atoms. The number of hydrogen-bond acceptors (Lipinski definition) is 5. The Balaban J connectivity index is 2.35. The topological polar surface area (TPSA) is 56.7 Å². The van der Waals surface area contributed by atoms with Gasteiger partial charge in [-0.05, 0) is 0 Å². The SMILES string of the molecule is Cn1c(CN)nnc1SCCSC(F)(F)F. The number of rotatable bonds is 5. The van der Waals surface area contributed by atoms with E-state index in [0.29, 0.717) is 16.7 Å². The number of thioether (sulfide) groups is 2.